The molecular weight excluding hydrogens is 360 g/mol. The maximum absolute atomic E-state index is 12.8. The fourth-order valence-corrected chi connectivity index (χ4v) is 2.83. The lowest BCUT2D eigenvalue weighted by Crippen LogP contribution is -2.14. The predicted octanol–water partition coefficient (Wildman–Crippen LogP) is 3.47. The van der Waals surface area contributed by atoms with Crippen LogP contribution in [-0.4, -0.2) is 23.5 Å². The van der Waals surface area contributed by atoms with Gasteiger partial charge in [-0.15, -0.1) is 0 Å². The van der Waals surface area contributed by atoms with Crippen molar-refractivity contribution in [1.29, 1.82) is 5.26 Å². The standard InChI is InChI=1S/C20H18N4O4/c1-12-18(15(11-21)20(28-12)24-8-4-5-9-24)19(26)23-14-6-7-17(27-3)16(10-14)22-13(2)25/h4-10H,1-3H3,(H,22,25)(H,23,26). The number of benzene rings is 1. The molecule has 142 valence electrons. The maximum Gasteiger partial charge on any atom is 0.260 e. The molecule has 0 atom stereocenters. The summed E-state index contributed by atoms with van der Waals surface area (Å²) in [6, 6.07) is 10.5. The summed E-state index contributed by atoms with van der Waals surface area (Å²) >= 11 is 0. The van der Waals surface area contributed by atoms with Crippen molar-refractivity contribution < 1.29 is 18.7 Å². The Kier molecular flexibility index (Phi) is 5.18. The van der Waals surface area contributed by atoms with Crippen LogP contribution in [-0.2, 0) is 4.79 Å². The number of nitrogens with zero attached hydrogens (tertiary/aromatic N) is 2. The van der Waals surface area contributed by atoms with Crippen LogP contribution < -0.4 is 15.4 Å². The Balaban J connectivity index is 1.94. The van der Waals surface area contributed by atoms with E-state index in [1.54, 1.807) is 54.2 Å². The number of nitrogens with one attached hydrogen (secondary N) is 2. The maximum atomic E-state index is 12.8. The van der Waals surface area contributed by atoms with Crippen molar-refractivity contribution in [3.63, 3.8) is 0 Å². The summed E-state index contributed by atoms with van der Waals surface area (Å²) in [4.78, 5) is 24.2. The van der Waals surface area contributed by atoms with Crippen LogP contribution in [0.3, 0.4) is 0 Å². The number of hydrogen-bond acceptors (Lipinski definition) is 5. The molecular formula is C20H18N4O4. The highest BCUT2D eigenvalue weighted by atomic mass is 16.5. The van der Waals surface area contributed by atoms with Gasteiger partial charge in [0, 0.05) is 25.0 Å². The number of aryl methyl sites for hydroxylation is 1. The molecule has 28 heavy (non-hydrogen) atoms. The number of hydrogen-bond donors (Lipinski definition) is 2. The zero-order valence-corrected chi connectivity index (χ0v) is 15.6. The van der Waals surface area contributed by atoms with E-state index >= 15 is 0 Å². The number of amides is 2. The highest BCUT2D eigenvalue weighted by Crippen LogP contribution is 2.30. The molecule has 0 aliphatic carbocycles. The van der Waals surface area contributed by atoms with Crippen LogP contribution in [0.1, 0.15) is 28.6 Å². The highest BCUT2D eigenvalue weighted by molar-refractivity contribution is 6.07. The molecule has 0 aliphatic heterocycles. The van der Waals surface area contributed by atoms with E-state index in [-0.39, 0.29) is 22.9 Å². The quantitative estimate of drug-likeness (QED) is 0.706. The summed E-state index contributed by atoms with van der Waals surface area (Å²) in [6.45, 7) is 3.00. The average molecular weight is 378 g/mol. The van der Waals surface area contributed by atoms with Gasteiger partial charge in [0.15, 0.2) is 0 Å². The third-order valence-electron chi connectivity index (χ3n) is 4.01. The summed E-state index contributed by atoms with van der Waals surface area (Å²) < 4.78 is 12.5. The van der Waals surface area contributed by atoms with Gasteiger partial charge in [0.1, 0.15) is 28.7 Å². The number of nitriles is 1. The fourth-order valence-electron chi connectivity index (χ4n) is 2.83. The van der Waals surface area contributed by atoms with E-state index in [2.05, 4.69) is 10.6 Å². The number of anilines is 2. The first-order valence-electron chi connectivity index (χ1n) is 8.38. The molecule has 2 aromatic heterocycles. The van der Waals surface area contributed by atoms with Crippen LogP contribution in [0.25, 0.3) is 5.88 Å². The number of furan rings is 1. The van der Waals surface area contributed by atoms with Crippen LogP contribution >= 0.6 is 0 Å². The van der Waals surface area contributed by atoms with Gasteiger partial charge in [-0.3, -0.25) is 14.2 Å². The molecule has 3 aromatic rings. The van der Waals surface area contributed by atoms with Gasteiger partial charge in [-0.2, -0.15) is 5.26 Å². The molecule has 2 N–H and O–H groups in total. The summed E-state index contributed by atoms with van der Waals surface area (Å²) in [6.07, 6.45) is 3.45. The Bertz CT molecular complexity index is 1070. The number of rotatable bonds is 5. The van der Waals surface area contributed by atoms with E-state index in [1.807, 2.05) is 6.07 Å². The van der Waals surface area contributed by atoms with Crippen molar-refractivity contribution in [3.05, 3.63) is 59.6 Å². The minimum Gasteiger partial charge on any atom is -0.495 e. The molecule has 0 saturated heterocycles. The largest absolute Gasteiger partial charge is 0.495 e. The normalized spacial score (nSPS) is 10.2. The van der Waals surface area contributed by atoms with Crippen LogP contribution in [0.4, 0.5) is 11.4 Å². The Labute approximate surface area is 161 Å². The van der Waals surface area contributed by atoms with Crippen molar-refractivity contribution in [2.75, 3.05) is 17.7 Å². The van der Waals surface area contributed by atoms with Gasteiger partial charge < -0.3 is 19.8 Å². The summed E-state index contributed by atoms with van der Waals surface area (Å²) in [5.41, 5.74) is 1.15. The molecule has 0 saturated carbocycles. The average Bonchev–Trinajstić information content (AvgIpc) is 3.28. The second-order valence-corrected chi connectivity index (χ2v) is 5.97. The second-order valence-electron chi connectivity index (χ2n) is 5.97. The van der Waals surface area contributed by atoms with Gasteiger partial charge in [-0.1, -0.05) is 0 Å². The topological polar surface area (TPSA) is 109 Å². The molecule has 1 aromatic carbocycles. The SMILES string of the molecule is COc1ccc(NC(=O)c2c(C)oc(-n3cccc3)c2C#N)cc1NC(C)=O. The number of carbonyl (C=O) groups is 2. The third-order valence-corrected chi connectivity index (χ3v) is 4.01. The van der Waals surface area contributed by atoms with Crippen LogP contribution in [0, 0.1) is 18.3 Å². The zero-order valence-electron chi connectivity index (χ0n) is 15.6. The van der Waals surface area contributed by atoms with Crippen LogP contribution in [0.2, 0.25) is 0 Å². The van der Waals surface area contributed by atoms with Gasteiger partial charge in [0.25, 0.3) is 5.91 Å². The molecule has 3 rings (SSSR count). The van der Waals surface area contributed by atoms with Crippen molar-refractivity contribution in [1.82, 2.24) is 4.57 Å². The highest BCUT2D eigenvalue weighted by Gasteiger charge is 2.24. The summed E-state index contributed by atoms with van der Waals surface area (Å²) in [5.74, 6) is 0.309. The molecule has 8 heteroatoms. The predicted molar refractivity (Wildman–Crippen MR) is 103 cm³/mol. The molecule has 8 nitrogen and oxygen atoms in total. The number of carbonyl (C=O) groups excluding carboxylic acids is 2. The Morgan fingerprint density at radius 3 is 2.54 bits per heavy atom. The lowest BCUT2D eigenvalue weighted by atomic mass is 10.1. The van der Waals surface area contributed by atoms with E-state index in [9.17, 15) is 14.9 Å². The number of aromatic nitrogens is 1. The number of methoxy groups -OCH3 is 1. The van der Waals surface area contributed by atoms with E-state index < -0.39 is 5.91 Å². The Morgan fingerprint density at radius 1 is 1.21 bits per heavy atom. The van der Waals surface area contributed by atoms with Crippen LogP contribution in [0.5, 0.6) is 5.75 Å². The van der Waals surface area contributed by atoms with E-state index in [1.165, 1.54) is 14.0 Å². The lowest BCUT2D eigenvalue weighted by molar-refractivity contribution is -0.114. The third kappa shape index (κ3) is 3.59. The molecule has 2 amide bonds. The van der Waals surface area contributed by atoms with Crippen molar-refractivity contribution >= 4 is 23.2 Å². The Morgan fingerprint density at radius 2 is 1.93 bits per heavy atom. The van der Waals surface area contributed by atoms with E-state index in [0.29, 0.717) is 22.9 Å². The minimum atomic E-state index is -0.491. The molecule has 0 aliphatic rings. The molecule has 0 fully saturated rings. The second kappa shape index (κ2) is 7.72. The molecule has 2 heterocycles. The fraction of sp³-hybridized carbons (Fsp3) is 0.150. The van der Waals surface area contributed by atoms with Gasteiger partial charge in [0.2, 0.25) is 11.8 Å². The Hall–Kier alpha value is -3.99. The smallest absolute Gasteiger partial charge is 0.260 e. The van der Waals surface area contributed by atoms with Gasteiger partial charge in [0.05, 0.1) is 12.8 Å². The monoisotopic (exact) mass is 378 g/mol. The van der Waals surface area contributed by atoms with Crippen LogP contribution in [0.15, 0.2) is 47.1 Å². The van der Waals surface area contributed by atoms with Crippen molar-refractivity contribution in [2.45, 2.75) is 13.8 Å². The summed E-state index contributed by atoms with van der Waals surface area (Å²) in [7, 11) is 1.48. The molecule has 0 spiro atoms. The first-order valence-corrected chi connectivity index (χ1v) is 8.38. The minimum absolute atomic E-state index is 0.141. The zero-order chi connectivity index (χ0) is 20.3. The van der Waals surface area contributed by atoms with Crippen molar-refractivity contribution in [3.8, 4) is 17.7 Å². The van der Waals surface area contributed by atoms with Gasteiger partial charge in [-0.25, -0.2) is 0 Å². The lowest BCUT2D eigenvalue weighted by Gasteiger charge is -2.12. The van der Waals surface area contributed by atoms with Crippen molar-refractivity contribution in [2.24, 2.45) is 0 Å². The first kappa shape index (κ1) is 18.8. The van der Waals surface area contributed by atoms with Gasteiger partial charge in [-0.05, 0) is 37.3 Å². The van der Waals surface area contributed by atoms with E-state index in [0.717, 1.165) is 0 Å². The molecule has 0 radical (unpaired) electrons. The molecule has 0 unspecified atom stereocenters. The number of ether oxygens (including phenoxy) is 1. The van der Waals surface area contributed by atoms with Gasteiger partial charge >= 0.3 is 0 Å². The summed E-state index contributed by atoms with van der Waals surface area (Å²) in [5, 5.41) is 14.9. The first-order chi connectivity index (χ1) is 13.4. The van der Waals surface area contributed by atoms with E-state index in [4.69, 9.17) is 9.15 Å². The molecule has 0 bridgehead atoms.